The molecule has 16 heavy (non-hydrogen) atoms. The minimum Gasteiger partial charge on any atom is -0.305 e. The van der Waals surface area contributed by atoms with Crippen molar-refractivity contribution in [2.24, 2.45) is 0 Å². The molecule has 0 aliphatic carbocycles. The van der Waals surface area contributed by atoms with Crippen molar-refractivity contribution in [3.63, 3.8) is 0 Å². The molecule has 2 aromatic heterocycles. The summed E-state index contributed by atoms with van der Waals surface area (Å²) in [5.74, 6) is 0.426. The van der Waals surface area contributed by atoms with Gasteiger partial charge in [0.15, 0.2) is 0 Å². The maximum absolute atomic E-state index is 11.4. The third-order valence-electron chi connectivity index (χ3n) is 2.21. The molecule has 5 nitrogen and oxygen atoms in total. The molecule has 5 heteroatoms. The van der Waals surface area contributed by atoms with Crippen LogP contribution in [0.4, 0.5) is 0 Å². The summed E-state index contributed by atoms with van der Waals surface area (Å²) < 4.78 is 0. The fraction of sp³-hybridized carbons (Fsp3) is 0.0909. The SMILES string of the molecule is Cc1ccncc1-c1ncc(C#N)c(=O)[nH]1. The summed E-state index contributed by atoms with van der Waals surface area (Å²) in [5, 5.41) is 8.61. The van der Waals surface area contributed by atoms with E-state index in [1.54, 1.807) is 18.5 Å². The Bertz CT molecular complexity index is 624. The van der Waals surface area contributed by atoms with Gasteiger partial charge in [-0.25, -0.2) is 4.98 Å². The van der Waals surface area contributed by atoms with Crippen molar-refractivity contribution in [3.05, 3.63) is 46.1 Å². The molecular formula is C11H8N4O. The average molecular weight is 212 g/mol. The zero-order valence-corrected chi connectivity index (χ0v) is 8.56. The Kier molecular flexibility index (Phi) is 2.48. The number of aromatic amines is 1. The molecule has 0 atom stereocenters. The van der Waals surface area contributed by atoms with Crippen molar-refractivity contribution < 1.29 is 0 Å². The standard InChI is InChI=1S/C11H8N4O/c1-7-2-3-13-6-9(7)10-14-5-8(4-12)11(16)15-10/h2-3,5-6H,1H3,(H,14,15,16). The van der Waals surface area contributed by atoms with E-state index >= 15 is 0 Å². The van der Waals surface area contributed by atoms with E-state index in [1.807, 2.05) is 13.0 Å². The number of nitriles is 1. The van der Waals surface area contributed by atoms with Crippen molar-refractivity contribution >= 4 is 0 Å². The average Bonchev–Trinajstić information content (AvgIpc) is 2.29. The summed E-state index contributed by atoms with van der Waals surface area (Å²) >= 11 is 0. The van der Waals surface area contributed by atoms with Gasteiger partial charge in [0.1, 0.15) is 17.5 Å². The lowest BCUT2D eigenvalue weighted by Crippen LogP contribution is -2.12. The van der Waals surface area contributed by atoms with Gasteiger partial charge in [-0.3, -0.25) is 9.78 Å². The molecule has 0 aromatic carbocycles. The van der Waals surface area contributed by atoms with Gasteiger partial charge in [-0.05, 0) is 18.6 Å². The van der Waals surface area contributed by atoms with Crippen molar-refractivity contribution in [1.82, 2.24) is 15.0 Å². The molecule has 0 radical (unpaired) electrons. The Morgan fingerprint density at radius 1 is 1.44 bits per heavy atom. The quantitative estimate of drug-likeness (QED) is 0.764. The maximum atomic E-state index is 11.4. The first-order chi connectivity index (χ1) is 7.72. The van der Waals surface area contributed by atoms with E-state index in [0.717, 1.165) is 11.1 Å². The number of hydrogen-bond acceptors (Lipinski definition) is 4. The van der Waals surface area contributed by atoms with E-state index in [0.29, 0.717) is 5.82 Å². The monoisotopic (exact) mass is 212 g/mol. The second kappa shape index (κ2) is 3.95. The van der Waals surface area contributed by atoms with Crippen LogP contribution in [0.25, 0.3) is 11.4 Å². The first kappa shape index (κ1) is 10.1. The summed E-state index contributed by atoms with van der Waals surface area (Å²) in [4.78, 5) is 22.0. The van der Waals surface area contributed by atoms with Crippen LogP contribution >= 0.6 is 0 Å². The van der Waals surface area contributed by atoms with Crippen LogP contribution < -0.4 is 5.56 Å². The summed E-state index contributed by atoms with van der Waals surface area (Å²) in [6, 6.07) is 3.59. The van der Waals surface area contributed by atoms with Crippen molar-refractivity contribution in [3.8, 4) is 17.5 Å². The zero-order valence-electron chi connectivity index (χ0n) is 8.56. The molecule has 0 bridgehead atoms. The molecule has 2 aromatic rings. The minimum absolute atomic E-state index is 0.00490. The van der Waals surface area contributed by atoms with Crippen LogP contribution in [0, 0.1) is 18.3 Å². The van der Waals surface area contributed by atoms with Gasteiger partial charge in [-0.1, -0.05) is 0 Å². The molecule has 0 unspecified atom stereocenters. The van der Waals surface area contributed by atoms with Gasteiger partial charge in [0.05, 0.1) is 6.20 Å². The molecule has 0 saturated carbocycles. The predicted molar refractivity (Wildman–Crippen MR) is 57.5 cm³/mol. The van der Waals surface area contributed by atoms with Crippen molar-refractivity contribution in [2.45, 2.75) is 6.92 Å². The highest BCUT2D eigenvalue weighted by Gasteiger charge is 2.06. The molecule has 0 saturated heterocycles. The normalized spacial score (nSPS) is 9.75. The lowest BCUT2D eigenvalue weighted by atomic mass is 10.1. The smallest absolute Gasteiger partial charge is 0.269 e. The molecular weight excluding hydrogens is 204 g/mol. The third kappa shape index (κ3) is 1.68. The first-order valence-corrected chi connectivity index (χ1v) is 4.63. The molecule has 78 valence electrons. The van der Waals surface area contributed by atoms with Crippen LogP contribution in [0.5, 0.6) is 0 Å². The number of aryl methyl sites for hydroxylation is 1. The molecule has 0 amide bonds. The van der Waals surface area contributed by atoms with Gasteiger partial charge in [0, 0.05) is 18.0 Å². The fourth-order valence-electron chi connectivity index (χ4n) is 1.32. The predicted octanol–water partition coefficient (Wildman–Crippen LogP) is 1.01. The Morgan fingerprint density at radius 2 is 2.25 bits per heavy atom. The topological polar surface area (TPSA) is 82.4 Å². The molecule has 0 spiro atoms. The summed E-state index contributed by atoms with van der Waals surface area (Å²) in [5.41, 5.74) is 1.29. The fourth-order valence-corrected chi connectivity index (χ4v) is 1.32. The number of nitrogens with one attached hydrogen (secondary N) is 1. The Hall–Kier alpha value is -2.48. The Balaban J connectivity index is 2.60. The molecule has 0 fully saturated rings. The van der Waals surface area contributed by atoms with Crippen LogP contribution in [0.2, 0.25) is 0 Å². The van der Waals surface area contributed by atoms with E-state index < -0.39 is 5.56 Å². The molecule has 2 rings (SSSR count). The molecule has 1 N–H and O–H groups in total. The summed E-state index contributed by atoms with van der Waals surface area (Å²) in [6.07, 6.45) is 4.56. The van der Waals surface area contributed by atoms with Crippen LogP contribution in [0.15, 0.2) is 29.5 Å². The van der Waals surface area contributed by atoms with Crippen LogP contribution in [-0.2, 0) is 0 Å². The Labute approximate surface area is 91.4 Å². The van der Waals surface area contributed by atoms with E-state index in [4.69, 9.17) is 5.26 Å². The number of H-pyrrole nitrogens is 1. The van der Waals surface area contributed by atoms with Gasteiger partial charge in [-0.2, -0.15) is 5.26 Å². The van der Waals surface area contributed by atoms with Crippen LogP contribution in [-0.4, -0.2) is 15.0 Å². The minimum atomic E-state index is -0.434. The van der Waals surface area contributed by atoms with E-state index in [1.165, 1.54) is 6.20 Å². The van der Waals surface area contributed by atoms with Gasteiger partial charge in [0.25, 0.3) is 5.56 Å². The lowest BCUT2D eigenvalue weighted by Gasteiger charge is -2.02. The van der Waals surface area contributed by atoms with E-state index in [-0.39, 0.29) is 5.56 Å². The highest BCUT2D eigenvalue weighted by atomic mass is 16.1. The zero-order chi connectivity index (χ0) is 11.5. The van der Waals surface area contributed by atoms with Gasteiger partial charge < -0.3 is 4.98 Å². The largest absolute Gasteiger partial charge is 0.305 e. The number of pyridine rings is 1. The van der Waals surface area contributed by atoms with Crippen molar-refractivity contribution in [1.29, 1.82) is 5.26 Å². The number of rotatable bonds is 1. The summed E-state index contributed by atoms with van der Waals surface area (Å²) in [7, 11) is 0. The first-order valence-electron chi connectivity index (χ1n) is 4.63. The second-order valence-electron chi connectivity index (χ2n) is 3.28. The molecule has 0 aliphatic heterocycles. The highest BCUT2D eigenvalue weighted by molar-refractivity contribution is 5.58. The van der Waals surface area contributed by atoms with Gasteiger partial charge in [-0.15, -0.1) is 0 Å². The number of hydrogen-bond donors (Lipinski definition) is 1. The lowest BCUT2D eigenvalue weighted by molar-refractivity contribution is 1.10. The van der Waals surface area contributed by atoms with Gasteiger partial charge in [0.2, 0.25) is 0 Å². The van der Waals surface area contributed by atoms with Crippen molar-refractivity contribution in [2.75, 3.05) is 0 Å². The molecule has 0 aliphatic rings. The van der Waals surface area contributed by atoms with Gasteiger partial charge >= 0.3 is 0 Å². The van der Waals surface area contributed by atoms with E-state index in [2.05, 4.69) is 15.0 Å². The number of nitrogens with zero attached hydrogens (tertiary/aromatic N) is 3. The second-order valence-corrected chi connectivity index (χ2v) is 3.28. The third-order valence-corrected chi connectivity index (χ3v) is 2.21. The molecule has 2 heterocycles. The van der Waals surface area contributed by atoms with E-state index in [9.17, 15) is 4.79 Å². The number of aromatic nitrogens is 3. The van der Waals surface area contributed by atoms with Crippen LogP contribution in [0.3, 0.4) is 0 Å². The Morgan fingerprint density at radius 3 is 2.88 bits per heavy atom. The summed E-state index contributed by atoms with van der Waals surface area (Å²) in [6.45, 7) is 1.90. The maximum Gasteiger partial charge on any atom is 0.269 e. The highest BCUT2D eigenvalue weighted by Crippen LogP contribution is 2.16. The van der Waals surface area contributed by atoms with Crippen LogP contribution in [0.1, 0.15) is 11.1 Å².